The molecule has 0 saturated heterocycles. The van der Waals surface area contributed by atoms with Gasteiger partial charge in [-0.05, 0) is 17.7 Å². The van der Waals surface area contributed by atoms with Crippen LogP contribution in [0.5, 0.6) is 0 Å². The average molecular weight is 213 g/mol. The molecule has 0 spiro atoms. The van der Waals surface area contributed by atoms with Gasteiger partial charge in [-0.3, -0.25) is 4.79 Å². The Balaban J connectivity index is 2.89. The number of rotatable bonds is 4. The van der Waals surface area contributed by atoms with Crippen LogP contribution in [-0.4, -0.2) is 12.9 Å². The van der Waals surface area contributed by atoms with Crippen molar-refractivity contribution in [2.24, 2.45) is 0 Å². The number of halogens is 1. The molecule has 0 bridgehead atoms. The molecule has 2 nitrogen and oxygen atoms in total. The van der Waals surface area contributed by atoms with Crippen LogP contribution in [-0.2, 0) is 9.53 Å². The summed E-state index contributed by atoms with van der Waals surface area (Å²) in [6, 6.07) is 7.13. The lowest BCUT2D eigenvalue weighted by Gasteiger charge is -2.13. The molecule has 14 heavy (non-hydrogen) atoms. The van der Waals surface area contributed by atoms with Crippen molar-refractivity contribution in [1.29, 1.82) is 0 Å². The Kier molecular flexibility index (Phi) is 4.11. The SMILES string of the molecule is CCC(=O)C(OC)c1ccc(Cl)cc1. The van der Waals surface area contributed by atoms with Crippen LogP contribution in [0.1, 0.15) is 25.0 Å². The van der Waals surface area contributed by atoms with Crippen LogP contribution in [0, 0.1) is 0 Å². The van der Waals surface area contributed by atoms with Crippen molar-refractivity contribution in [2.75, 3.05) is 7.11 Å². The summed E-state index contributed by atoms with van der Waals surface area (Å²) in [5, 5.41) is 0.660. The minimum Gasteiger partial charge on any atom is -0.369 e. The quantitative estimate of drug-likeness (QED) is 0.767. The zero-order valence-corrected chi connectivity index (χ0v) is 9.04. The lowest BCUT2D eigenvalue weighted by molar-refractivity contribution is -0.128. The number of Topliss-reactive ketones (excluding diaryl/α,β-unsaturated/α-hetero) is 1. The molecule has 1 rings (SSSR count). The van der Waals surface area contributed by atoms with E-state index in [9.17, 15) is 4.79 Å². The van der Waals surface area contributed by atoms with Gasteiger partial charge in [-0.2, -0.15) is 0 Å². The molecule has 1 aromatic rings. The number of carbonyl (C=O) groups is 1. The standard InChI is InChI=1S/C11H13ClO2/c1-3-10(13)11(14-2)8-4-6-9(12)7-5-8/h4-7,11H,3H2,1-2H3. The molecule has 0 aliphatic heterocycles. The maximum atomic E-state index is 11.5. The van der Waals surface area contributed by atoms with Gasteiger partial charge in [0.05, 0.1) is 0 Å². The summed E-state index contributed by atoms with van der Waals surface area (Å²) in [5.74, 6) is 0.0785. The molecule has 0 fully saturated rings. The van der Waals surface area contributed by atoms with Crippen LogP contribution in [0.15, 0.2) is 24.3 Å². The monoisotopic (exact) mass is 212 g/mol. The minimum atomic E-state index is -0.461. The lowest BCUT2D eigenvalue weighted by Crippen LogP contribution is -2.13. The van der Waals surface area contributed by atoms with E-state index in [1.165, 1.54) is 7.11 Å². The smallest absolute Gasteiger partial charge is 0.165 e. The van der Waals surface area contributed by atoms with Crippen LogP contribution < -0.4 is 0 Å². The van der Waals surface area contributed by atoms with E-state index >= 15 is 0 Å². The molecule has 76 valence electrons. The second-order valence-corrected chi connectivity index (χ2v) is 3.42. The fraction of sp³-hybridized carbons (Fsp3) is 0.364. The molecule has 0 N–H and O–H groups in total. The highest BCUT2D eigenvalue weighted by Crippen LogP contribution is 2.20. The second kappa shape index (κ2) is 5.13. The Morgan fingerprint density at radius 1 is 1.43 bits per heavy atom. The van der Waals surface area contributed by atoms with Gasteiger partial charge in [0.2, 0.25) is 0 Å². The summed E-state index contributed by atoms with van der Waals surface area (Å²) in [7, 11) is 1.53. The van der Waals surface area contributed by atoms with E-state index in [1.807, 2.05) is 19.1 Å². The normalized spacial score (nSPS) is 12.5. The van der Waals surface area contributed by atoms with Gasteiger partial charge >= 0.3 is 0 Å². The number of carbonyl (C=O) groups excluding carboxylic acids is 1. The maximum Gasteiger partial charge on any atom is 0.165 e. The first-order chi connectivity index (χ1) is 6.69. The fourth-order valence-electron chi connectivity index (χ4n) is 1.28. The van der Waals surface area contributed by atoms with Crippen molar-refractivity contribution in [3.8, 4) is 0 Å². The van der Waals surface area contributed by atoms with E-state index in [2.05, 4.69) is 0 Å². The van der Waals surface area contributed by atoms with Gasteiger partial charge in [0.25, 0.3) is 0 Å². The number of methoxy groups -OCH3 is 1. The molecular formula is C11H13ClO2. The molecular weight excluding hydrogens is 200 g/mol. The molecule has 1 atom stereocenters. The second-order valence-electron chi connectivity index (χ2n) is 2.99. The Hall–Kier alpha value is -0.860. The number of ketones is 1. The van der Waals surface area contributed by atoms with E-state index in [0.29, 0.717) is 11.4 Å². The average Bonchev–Trinajstić information content (AvgIpc) is 2.21. The molecule has 1 aromatic carbocycles. The summed E-state index contributed by atoms with van der Waals surface area (Å²) < 4.78 is 5.14. The third-order valence-corrected chi connectivity index (χ3v) is 2.30. The van der Waals surface area contributed by atoms with Crippen LogP contribution in [0.3, 0.4) is 0 Å². The van der Waals surface area contributed by atoms with Crippen LogP contribution in [0.4, 0.5) is 0 Å². The van der Waals surface area contributed by atoms with Gasteiger partial charge in [-0.25, -0.2) is 0 Å². The summed E-state index contributed by atoms with van der Waals surface area (Å²) in [5.41, 5.74) is 0.851. The molecule has 0 aromatic heterocycles. The van der Waals surface area contributed by atoms with Gasteiger partial charge in [-0.1, -0.05) is 30.7 Å². The van der Waals surface area contributed by atoms with Crippen molar-refractivity contribution in [3.05, 3.63) is 34.9 Å². The van der Waals surface area contributed by atoms with Gasteiger partial charge in [0.15, 0.2) is 5.78 Å². The van der Waals surface area contributed by atoms with E-state index < -0.39 is 6.10 Å². The highest BCUT2D eigenvalue weighted by Gasteiger charge is 2.17. The molecule has 0 radical (unpaired) electrons. The Morgan fingerprint density at radius 3 is 2.43 bits per heavy atom. The van der Waals surface area contributed by atoms with Crippen LogP contribution in [0.2, 0.25) is 5.02 Å². The Morgan fingerprint density at radius 2 is 2.00 bits per heavy atom. The number of hydrogen-bond donors (Lipinski definition) is 0. The summed E-state index contributed by atoms with van der Waals surface area (Å²) in [6.45, 7) is 1.82. The fourth-order valence-corrected chi connectivity index (χ4v) is 1.40. The topological polar surface area (TPSA) is 26.3 Å². The summed E-state index contributed by atoms with van der Waals surface area (Å²) in [4.78, 5) is 11.5. The molecule has 0 amide bonds. The van der Waals surface area contributed by atoms with Gasteiger partial charge in [-0.15, -0.1) is 0 Å². The Labute approximate surface area is 88.8 Å². The van der Waals surface area contributed by atoms with E-state index in [1.54, 1.807) is 12.1 Å². The highest BCUT2D eigenvalue weighted by molar-refractivity contribution is 6.30. The zero-order chi connectivity index (χ0) is 10.6. The first-order valence-corrected chi connectivity index (χ1v) is 4.87. The van der Waals surface area contributed by atoms with Gasteiger partial charge in [0, 0.05) is 18.6 Å². The third-order valence-electron chi connectivity index (χ3n) is 2.05. The summed E-state index contributed by atoms with van der Waals surface area (Å²) in [6.07, 6.45) is 0.0125. The first-order valence-electron chi connectivity index (χ1n) is 4.50. The first kappa shape index (κ1) is 11.2. The Bertz CT molecular complexity index is 306. The number of hydrogen-bond acceptors (Lipinski definition) is 2. The van der Waals surface area contributed by atoms with Gasteiger partial charge in [0.1, 0.15) is 6.10 Å². The maximum absolute atomic E-state index is 11.5. The molecule has 0 saturated carbocycles. The minimum absolute atomic E-state index is 0.0785. The van der Waals surface area contributed by atoms with Crippen molar-refractivity contribution < 1.29 is 9.53 Å². The molecule has 0 aliphatic rings. The van der Waals surface area contributed by atoms with Crippen LogP contribution in [0.25, 0.3) is 0 Å². The third kappa shape index (κ3) is 2.56. The van der Waals surface area contributed by atoms with Gasteiger partial charge < -0.3 is 4.74 Å². The molecule has 0 aliphatic carbocycles. The predicted octanol–water partition coefficient (Wildman–Crippen LogP) is 3.01. The van der Waals surface area contributed by atoms with Crippen molar-refractivity contribution in [1.82, 2.24) is 0 Å². The zero-order valence-electron chi connectivity index (χ0n) is 8.29. The van der Waals surface area contributed by atoms with Crippen molar-refractivity contribution >= 4 is 17.4 Å². The molecule has 1 unspecified atom stereocenters. The van der Waals surface area contributed by atoms with E-state index in [-0.39, 0.29) is 5.78 Å². The van der Waals surface area contributed by atoms with Crippen LogP contribution >= 0.6 is 11.6 Å². The van der Waals surface area contributed by atoms with E-state index in [4.69, 9.17) is 16.3 Å². The molecule has 3 heteroatoms. The summed E-state index contributed by atoms with van der Waals surface area (Å²) >= 11 is 5.75. The van der Waals surface area contributed by atoms with Crippen molar-refractivity contribution in [2.45, 2.75) is 19.4 Å². The van der Waals surface area contributed by atoms with Crippen molar-refractivity contribution in [3.63, 3.8) is 0 Å². The number of benzene rings is 1. The largest absolute Gasteiger partial charge is 0.369 e. The number of ether oxygens (including phenoxy) is 1. The predicted molar refractivity (Wildman–Crippen MR) is 56.5 cm³/mol. The van der Waals surface area contributed by atoms with E-state index in [0.717, 1.165) is 5.56 Å². The lowest BCUT2D eigenvalue weighted by atomic mass is 10.0. The molecule has 0 heterocycles. The highest BCUT2D eigenvalue weighted by atomic mass is 35.5.